The Morgan fingerprint density at radius 1 is 1.14 bits per heavy atom. The summed E-state index contributed by atoms with van der Waals surface area (Å²) in [5, 5.41) is 5.47. The summed E-state index contributed by atoms with van der Waals surface area (Å²) in [5.41, 5.74) is 0.863. The van der Waals surface area contributed by atoms with Crippen molar-refractivity contribution >= 4 is 17.8 Å². The Bertz CT molecular complexity index is 673. The normalized spacial score (nSPS) is 17.3. The lowest BCUT2D eigenvalue weighted by molar-refractivity contribution is -0.129. The van der Waals surface area contributed by atoms with E-state index in [0.29, 0.717) is 19.4 Å². The smallest absolute Gasteiger partial charge is 0.408 e. The van der Waals surface area contributed by atoms with E-state index in [0.717, 1.165) is 18.4 Å². The first-order chi connectivity index (χ1) is 13.9. The highest BCUT2D eigenvalue weighted by molar-refractivity contribution is 5.95. The lowest BCUT2D eigenvalue weighted by Gasteiger charge is -2.23. The molecule has 160 valence electrons. The molecule has 0 radical (unpaired) electrons. The van der Waals surface area contributed by atoms with Gasteiger partial charge in [0, 0.05) is 0 Å². The second-order valence-electron chi connectivity index (χ2n) is 7.82. The number of carbonyl (C=O) groups is 3. The molecule has 1 heterocycles. The molecular weight excluding hydrogens is 372 g/mol. The number of hydrogen-bond donors (Lipinski definition) is 2. The van der Waals surface area contributed by atoms with Gasteiger partial charge in [-0.3, -0.25) is 9.59 Å². The average molecular weight is 405 g/mol. The van der Waals surface area contributed by atoms with E-state index in [1.807, 2.05) is 51.1 Å². The number of amides is 2. The van der Waals surface area contributed by atoms with Crippen LogP contribution in [-0.2, 0) is 25.7 Å². The van der Waals surface area contributed by atoms with Gasteiger partial charge < -0.3 is 20.1 Å². The molecule has 1 saturated heterocycles. The van der Waals surface area contributed by atoms with Gasteiger partial charge in [0.2, 0.25) is 5.91 Å². The van der Waals surface area contributed by atoms with Crippen LogP contribution in [0.2, 0.25) is 0 Å². The highest BCUT2D eigenvalue weighted by Gasteiger charge is 2.37. The van der Waals surface area contributed by atoms with Crippen LogP contribution >= 0.6 is 0 Å². The largest absolute Gasteiger partial charge is 0.445 e. The van der Waals surface area contributed by atoms with Gasteiger partial charge in [-0.05, 0) is 24.3 Å². The van der Waals surface area contributed by atoms with Crippen LogP contribution in [0.4, 0.5) is 4.79 Å². The minimum Gasteiger partial charge on any atom is -0.445 e. The number of benzene rings is 1. The number of ether oxygens (including phenoxy) is 2. The van der Waals surface area contributed by atoms with Gasteiger partial charge in [-0.2, -0.15) is 0 Å². The molecule has 3 atom stereocenters. The fraction of sp³-hybridized carbons (Fsp3) is 0.591. The summed E-state index contributed by atoms with van der Waals surface area (Å²) in [4.78, 5) is 37.5. The first-order valence-corrected chi connectivity index (χ1v) is 10.3. The Morgan fingerprint density at radius 2 is 1.83 bits per heavy atom. The molecule has 0 aliphatic carbocycles. The zero-order chi connectivity index (χ0) is 21.2. The molecule has 2 rings (SSSR count). The highest BCUT2D eigenvalue weighted by atomic mass is 16.6. The molecule has 3 unspecified atom stereocenters. The maximum Gasteiger partial charge on any atom is 0.408 e. The molecule has 0 saturated carbocycles. The maximum atomic E-state index is 12.8. The van der Waals surface area contributed by atoms with Crippen molar-refractivity contribution in [2.75, 3.05) is 6.61 Å². The monoisotopic (exact) mass is 404 g/mol. The Morgan fingerprint density at radius 3 is 2.41 bits per heavy atom. The molecule has 1 aliphatic heterocycles. The Hall–Kier alpha value is -2.41. The number of alkyl carbamates (subject to hydrolysis) is 1. The van der Waals surface area contributed by atoms with Crippen LogP contribution < -0.4 is 10.6 Å². The summed E-state index contributed by atoms with van der Waals surface area (Å²) in [6.45, 7) is 6.50. The Kier molecular flexibility index (Phi) is 9.12. The lowest BCUT2D eigenvalue weighted by atomic mass is 10.00. The number of epoxide rings is 1. The fourth-order valence-corrected chi connectivity index (χ4v) is 3.01. The Balaban J connectivity index is 1.94. The van der Waals surface area contributed by atoms with E-state index in [2.05, 4.69) is 10.6 Å². The molecule has 2 N–H and O–H groups in total. The van der Waals surface area contributed by atoms with Crippen LogP contribution in [0, 0.1) is 5.92 Å². The van der Waals surface area contributed by atoms with E-state index in [9.17, 15) is 14.4 Å². The van der Waals surface area contributed by atoms with E-state index in [1.165, 1.54) is 0 Å². The molecule has 1 aromatic carbocycles. The number of rotatable bonds is 12. The predicted octanol–water partition coefficient (Wildman–Crippen LogP) is 2.97. The van der Waals surface area contributed by atoms with Gasteiger partial charge in [-0.1, -0.05) is 63.9 Å². The van der Waals surface area contributed by atoms with Crippen molar-refractivity contribution in [3.05, 3.63) is 35.9 Å². The molecule has 0 bridgehead atoms. The molecule has 1 fully saturated rings. The second-order valence-corrected chi connectivity index (χ2v) is 7.82. The van der Waals surface area contributed by atoms with Gasteiger partial charge in [-0.25, -0.2) is 4.79 Å². The molecule has 2 amide bonds. The number of Topliss-reactive ketones (excluding diaryl/α,β-unsaturated/α-hetero) is 1. The topological polar surface area (TPSA) is 97.0 Å². The van der Waals surface area contributed by atoms with Gasteiger partial charge in [0.1, 0.15) is 18.8 Å². The quantitative estimate of drug-likeness (QED) is 0.522. The van der Waals surface area contributed by atoms with E-state index < -0.39 is 24.3 Å². The lowest BCUT2D eigenvalue weighted by Crippen LogP contribution is -2.52. The van der Waals surface area contributed by atoms with E-state index in [4.69, 9.17) is 9.47 Å². The molecule has 0 aromatic heterocycles. The minimum atomic E-state index is -0.768. The van der Waals surface area contributed by atoms with Crippen LogP contribution in [0.3, 0.4) is 0 Å². The maximum absolute atomic E-state index is 12.8. The summed E-state index contributed by atoms with van der Waals surface area (Å²) in [6.07, 6.45) is 1.69. The van der Waals surface area contributed by atoms with E-state index in [1.54, 1.807) is 0 Å². The van der Waals surface area contributed by atoms with Crippen molar-refractivity contribution in [3.63, 3.8) is 0 Å². The predicted molar refractivity (Wildman–Crippen MR) is 109 cm³/mol. The molecule has 1 aromatic rings. The average Bonchev–Trinajstić information content (AvgIpc) is 3.54. The van der Waals surface area contributed by atoms with Crippen LogP contribution in [0.25, 0.3) is 0 Å². The number of carbonyl (C=O) groups excluding carboxylic acids is 3. The first kappa shape index (κ1) is 22.9. The molecule has 0 spiro atoms. The van der Waals surface area contributed by atoms with Crippen LogP contribution in [0.5, 0.6) is 0 Å². The third-order valence-corrected chi connectivity index (χ3v) is 4.69. The summed E-state index contributed by atoms with van der Waals surface area (Å²) in [5.74, 6) is -0.288. The van der Waals surface area contributed by atoms with Gasteiger partial charge >= 0.3 is 6.09 Å². The number of ketones is 1. The van der Waals surface area contributed by atoms with Crippen LogP contribution in [0.1, 0.15) is 52.0 Å². The van der Waals surface area contributed by atoms with Crippen molar-refractivity contribution in [2.24, 2.45) is 5.92 Å². The Labute approximate surface area is 172 Å². The standard InChI is InChI=1S/C22H32N2O5/c1-4-5-11-17(20(25)19-14-28-19)23-21(26)18(12-15(2)3)24-22(27)29-13-16-9-7-6-8-10-16/h6-10,15,17-19H,4-5,11-14H2,1-3H3,(H,23,26)(H,24,27). The second kappa shape index (κ2) is 11.6. The zero-order valence-corrected chi connectivity index (χ0v) is 17.5. The van der Waals surface area contributed by atoms with Gasteiger partial charge in [0.05, 0.1) is 12.6 Å². The van der Waals surface area contributed by atoms with Gasteiger partial charge in [0.25, 0.3) is 0 Å². The molecule has 29 heavy (non-hydrogen) atoms. The van der Waals surface area contributed by atoms with Crippen molar-refractivity contribution < 1.29 is 23.9 Å². The summed E-state index contributed by atoms with van der Waals surface area (Å²) >= 11 is 0. The van der Waals surface area contributed by atoms with Crippen molar-refractivity contribution in [1.82, 2.24) is 10.6 Å². The molecular formula is C22H32N2O5. The number of nitrogens with one attached hydrogen (secondary N) is 2. The van der Waals surface area contributed by atoms with E-state index >= 15 is 0 Å². The third kappa shape index (κ3) is 8.23. The first-order valence-electron chi connectivity index (χ1n) is 10.3. The third-order valence-electron chi connectivity index (χ3n) is 4.69. The summed E-state index contributed by atoms with van der Waals surface area (Å²) in [7, 11) is 0. The summed E-state index contributed by atoms with van der Waals surface area (Å²) in [6, 6.07) is 7.97. The van der Waals surface area contributed by atoms with Crippen molar-refractivity contribution in [1.29, 1.82) is 0 Å². The molecule has 7 nitrogen and oxygen atoms in total. The molecule has 7 heteroatoms. The highest BCUT2D eigenvalue weighted by Crippen LogP contribution is 2.16. The van der Waals surface area contributed by atoms with Crippen molar-refractivity contribution in [2.45, 2.75) is 71.2 Å². The van der Waals surface area contributed by atoms with Crippen LogP contribution in [0.15, 0.2) is 30.3 Å². The SMILES string of the molecule is CCCCC(NC(=O)C(CC(C)C)NC(=O)OCc1ccccc1)C(=O)C1CO1. The minimum absolute atomic E-state index is 0.0956. The number of hydrogen-bond acceptors (Lipinski definition) is 5. The number of unbranched alkanes of at least 4 members (excludes halogenated alkanes) is 1. The van der Waals surface area contributed by atoms with Crippen LogP contribution in [-0.4, -0.2) is 42.6 Å². The van der Waals surface area contributed by atoms with Crippen molar-refractivity contribution in [3.8, 4) is 0 Å². The fourth-order valence-electron chi connectivity index (χ4n) is 3.01. The van der Waals surface area contributed by atoms with Gasteiger partial charge in [-0.15, -0.1) is 0 Å². The zero-order valence-electron chi connectivity index (χ0n) is 17.5. The molecule has 1 aliphatic rings. The van der Waals surface area contributed by atoms with Gasteiger partial charge in [0.15, 0.2) is 5.78 Å². The van der Waals surface area contributed by atoms with E-state index in [-0.39, 0.29) is 24.2 Å². The summed E-state index contributed by atoms with van der Waals surface area (Å²) < 4.78 is 10.3.